The second kappa shape index (κ2) is 6.05. The zero-order valence-corrected chi connectivity index (χ0v) is 7.73. The molecule has 1 aliphatic rings. The Morgan fingerprint density at radius 1 is 1.27 bits per heavy atom. The monoisotopic (exact) mass is 171 g/mol. The van der Waals surface area contributed by atoms with Crippen molar-refractivity contribution in [1.29, 1.82) is 0 Å². The van der Waals surface area contributed by atoms with Gasteiger partial charge in [-0.1, -0.05) is 37.6 Å². The zero-order chi connectivity index (χ0) is 8.69. The molecule has 0 aromatic heterocycles. The number of nitrogens with two attached hydrogens (primary N) is 1. The molecule has 2 heteroatoms. The molecular formula is C9H14ClN. The van der Waals surface area contributed by atoms with E-state index in [4.69, 9.17) is 17.3 Å². The van der Waals surface area contributed by atoms with Crippen molar-refractivity contribution in [1.82, 2.24) is 0 Å². The van der Waals surface area contributed by atoms with Gasteiger partial charge in [-0.05, 0) is 18.6 Å². The Kier molecular flexibility index (Phi) is 5.67. The van der Waals surface area contributed by atoms with Gasteiger partial charge in [0.15, 0.2) is 0 Å². The number of allylic oxidation sites excluding steroid dienone is 5. The minimum Gasteiger partial charge on any atom is -0.399 e. The van der Waals surface area contributed by atoms with E-state index >= 15 is 0 Å². The zero-order valence-electron chi connectivity index (χ0n) is 6.97. The summed E-state index contributed by atoms with van der Waals surface area (Å²) in [7, 11) is 0. The summed E-state index contributed by atoms with van der Waals surface area (Å²) < 4.78 is 0. The Balaban J connectivity index is 0.000000461. The predicted octanol–water partition coefficient (Wildman–Crippen LogP) is 2.94. The van der Waals surface area contributed by atoms with Crippen molar-refractivity contribution in [3.05, 3.63) is 35.0 Å². The number of rotatable bonds is 0. The molecular weight excluding hydrogens is 158 g/mol. The molecule has 11 heavy (non-hydrogen) atoms. The maximum absolute atomic E-state index is 5.67. The van der Waals surface area contributed by atoms with Gasteiger partial charge in [0.25, 0.3) is 0 Å². The molecule has 0 aromatic rings. The van der Waals surface area contributed by atoms with Gasteiger partial charge in [-0.3, -0.25) is 0 Å². The molecule has 1 aliphatic carbocycles. The molecule has 0 bridgehead atoms. The fourth-order valence-corrected chi connectivity index (χ4v) is 0.772. The predicted molar refractivity (Wildman–Crippen MR) is 51.3 cm³/mol. The van der Waals surface area contributed by atoms with Crippen molar-refractivity contribution in [2.45, 2.75) is 20.3 Å². The molecule has 0 heterocycles. The first-order valence-corrected chi connectivity index (χ1v) is 4.16. The first-order chi connectivity index (χ1) is 5.29. The highest BCUT2D eigenvalue weighted by Gasteiger charge is 1.89. The Morgan fingerprint density at radius 3 is 2.55 bits per heavy atom. The first-order valence-electron chi connectivity index (χ1n) is 3.78. The second-order valence-corrected chi connectivity index (χ2v) is 2.30. The summed E-state index contributed by atoms with van der Waals surface area (Å²) in [5, 5.41) is 0.756. The van der Waals surface area contributed by atoms with Gasteiger partial charge >= 0.3 is 0 Å². The maximum atomic E-state index is 5.67. The summed E-state index contributed by atoms with van der Waals surface area (Å²) in [6, 6.07) is 0. The lowest BCUT2D eigenvalue weighted by molar-refractivity contribution is 1.31. The molecule has 0 spiro atoms. The Hall–Kier alpha value is -0.690. The molecule has 0 saturated carbocycles. The number of hydrogen-bond acceptors (Lipinski definition) is 1. The van der Waals surface area contributed by atoms with Crippen LogP contribution in [0.2, 0.25) is 0 Å². The molecule has 0 aliphatic heterocycles. The third-order valence-corrected chi connectivity index (χ3v) is 1.38. The van der Waals surface area contributed by atoms with Gasteiger partial charge in [0.05, 0.1) is 0 Å². The van der Waals surface area contributed by atoms with Crippen LogP contribution in [-0.2, 0) is 0 Å². The average molecular weight is 172 g/mol. The molecule has 0 unspecified atom stereocenters. The normalized spacial score (nSPS) is 15.5. The van der Waals surface area contributed by atoms with Crippen LogP contribution < -0.4 is 5.73 Å². The topological polar surface area (TPSA) is 26.0 Å². The number of hydrogen-bond donors (Lipinski definition) is 1. The molecule has 0 amide bonds. The van der Waals surface area contributed by atoms with Crippen LogP contribution in [-0.4, -0.2) is 0 Å². The van der Waals surface area contributed by atoms with E-state index in [0.717, 1.165) is 17.2 Å². The fraction of sp³-hybridized carbons (Fsp3) is 0.333. The van der Waals surface area contributed by atoms with Crippen molar-refractivity contribution < 1.29 is 0 Å². The van der Waals surface area contributed by atoms with Crippen LogP contribution in [0.1, 0.15) is 20.3 Å². The van der Waals surface area contributed by atoms with E-state index in [1.54, 1.807) is 12.2 Å². The van der Waals surface area contributed by atoms with Gasteiger partial charge < -0.3 is 5.73 Å². The van der Waals surface area contributed by atoms with Crippen LogP contribution >= 0.6 is 11.6 Å². The van der Waals surface area contributed by atoms with E-state index in [0.29, 0.717) is 0 Å². The summed E-state index contributed by atoms with van der Waals surface area (Å²) in [4.78, 5) is 0. The molecule has 0 fully saturated rings. The Labute approximate surface area is 73.2 Å². The molecule has 0 aromatic carbocycles. The van der Waals surface area contributed by atoms with Gasteiger partial charge in [-0.25, -0.2) is 0 Å². The molecule has 2 N–H and O–H groups in total. The average Bonchev–Trinajstić information content (AvgIpc) is 2.20. The van der Waals surface area contributed by atoms with Crippen LogP contribution in [0, 0.1) is 0 Å². The van der Waals surface area contributed by atoms with Gasteiger partial charge in [-0.2, -0.15) is 0 Å². The summed E-state index contributed by atoms with van der Waals surface area (Å²) in [5.41, 5.74) is 6.26. The van der Waals surface area contributed by atoms with Crippen LogP contribution in [0.5, 0.6) is 0 Å². The van der Waals surface area contributed by atoms with Gasteiger partial charge in [0.1, 0.15) is 0 Å². The van der Waals surface area contributed by atoms with Crippen LogP contribution in [0.3, 0.4) is 0 Å². The van der Waals surface area contributed by atoms with Crippen molar-refractivity contribution in [2.75, 3.05) is 0 Å². The van der Waals surface area contributed by atoms with E-state index in [1.165, 1.54) is 0 Å². The van der Waals surface area contributed by atoms with Crippen LogP contribution in [0.4, 0.5) is 0 Å². The minimum absolute atomic E-state index is 0.756. The van der Waals surface area contributed by atoms with E-state index in [1.807, 2.05) is 26.0 Å². The first kappa shape index (κ1) is 10.3. The lowest BCUT2D eigenvalue weighted by Gasteiger charge is -1.84. The highest BCUT2D eigenvalue weighted by Crippen LogP contribution is 2.09. The van der Waals surface area contributed by atoms with Crippen molar-refractivity contribution in [2.24, 2.45) is 5.73 Å². The van der Waals surface area contributed by atoms with E-state index < -0.39 is 0 Å². The van der Waals surface area contributed by atoms with Crippen molar-refractivity contribution >= 4 is 11.6 Å². The standard InChI is InChI=1S/C7H8ClN.C2H6/c8-6-2-1-3-7(9)5-4-6;1-2/h2-5H,1,9H2;1-2H3. The van der Waals surface area contributed by atoms with Crippen LogP contribution in [0.25, 0.3) is 0 Å². The van der Waals surface area contributed by atoms with E-state index in [9.17, 15) is 0 Å². The second-order valence-electron chi connectivity index (χ2n) is 1.86. The summed E-state index contributed by atoms with van der Waals surface area (Å²) in [6.45, 7) is 4.00. The highest BCUT2D eigenvalue weighted by molar-refractivity contribution is 6.31. The molecule has 1 nitrogen and oxygen atoms in total. The highest BCUT2D eigenvalue weighted by atomic mass is 35.5. The molecule has 0 radical (unpaired) electrons. The molecule has 0 atom stereocenters. The maximum Gasteiger partial charge on any atom is 0.0370 e. The van der Waals surface area contributed by atoms with Crippen molar-refractivity contribution in [3.63, 3.8) is 0 Å². The third-order valence-electron chi connectivity index (χ3n) is 1.10. The SMILES string of the molecule is CC.NC1=CCC=C(Cl)C=C1. The Morgan fingerprint density at radius 2 is 1.91 bits per heavy atom. The van der Waals surface area contributed by atoms with Gasteiger partial charge in [0.2, 0.25) is 0 Å². The lowest BCUT2D eigenvalue weighted by Crippen LogP contribution is -1.90. The summed E-state index contributed by atoms with van der Waals surface area (Å²) in [5.74, 6) is 0. The van der Waals surface area contributed by atoms with Gasteiger partial charge in [-0.15, -0.1) is 0 Å². The number of halogens is 1. The summed E-state index contributed by atoms with van der Waals surface area (Å²) >= 11 is 5.67. The summed E-state index contributed by atoms with van der Waals surface area (Å²) in [6.07, 6.45) is 8.26. The van der Waals surface area contributed by atoms with Gasteiger partial charge in [0, 0.05) is 10.7 Å². The smallest absolute Gasteiger partial charge is 0.0370 e. The minimum atomic E-state index is 0.756. The van der Waals surface area contributed by atoms with E-state index in [-0.39, 0.29) is 0 Å². The van der Waals surface area contributed by atoms with E-state index in [2.05, 4.69) is 0 Å². The van der Waals surface area contributed by atoms with Crippen LogP contribution in [0.15, 0.2) is 35.0 Å². The molecule has 0 saturated heterocycles. The lowest BCUT2D eigenvalue weighted by atomic mass is 10.3. The van der Waals surface area contributed by atoms with Crippen molar-refractivity contribution in [3.8, 4) is 0 Å². The largest absolute Gasteiger partial charge is 0.399 e. The Bertz CT molecular complexity index is 170. The quantitative estimate of drug-likeness (QED) is 0.596. The molecule has 1 rings (SSSR count). The third kappa shape index (κ3) is 4.68. The fourth-order valence-electron chi connectivity index (χ4n) is 0.620. The molecule has 62 valence electrons.